The van der Waals surface area contributed by atoms with Crippen molar-refractivity contribution in [2.24, 2.45) is 0 Å². The third-order valence-electron chi connectivity index (χ3n) is 3.59. The van der Waals surface area contributed by atoms with Crippen molar-refractivity contribution in [3.05, 3.63) is 35.9 Å². The summed E-state index contributed by atoms with van der Waals surface area (Å²) >= 11 is 0. The monoisotopic (exact) mass is 259 g/mol. The number of hydrogen-bond donors (Lipinski definition) is 0. The molecule has 0 atom stereocenters. The largest absolute Gasteiger partial charge is 0.291 e. The van der Waals surface area contributed by atoms with Gasteiger partial charge in [0.05, 0.1) is 0 Å². The Morgan fingerprint density at radius 1 is 0.684 bits per heavy atom. The third kappa shape index (κ3) is 9.47. The van der Waals surface area contributed by atoms with E-state index in [1.54, 1.807) is 0 Å². The summed E-state index contributed by atoms with van der Waals surface area (Å²) in [5.74, 6) is 0. The van der Waals surface area contributed by atoms with Gasteiger partial charge in [-0.25, -0.2) is 0 Å². The van der Waals surface area contributed by atoms with Crippen molar-refractivity contribution in [3.8, 4) is 0 Å². The van der Waals surface area contributed by atoms with Crippen molar-refractivity contribution in [3.63, 3.8) is 0 Å². The van der Waals surface area contributed by atoms with E-state index in [0.717, 1.165) is 6.42 Å². The molecule has 105 valence electrons. The van der Waals surface area contributed by atoms with Crippen molar-refractivity contribution in [1.82, 2.24) is 0 Å². The first-order valence-corrected chi connectivity index (χ1v) is 7.82. The molecule has 1 rings (SSSR count). The van der Waals surface area contributed by atoms with Gasteiger partial charge in [-0.15, -0.1) is 0 Å². The van der Waals surface area contributed by atoms with Gasteiger partial charge in [0.2, 0.25) is 0 Å². The molecule has 19 heavy (non-hydrogen) atoms. The van der Waals surface area contributed by atoms with Crippen LogP contribution in [0.5, 0.6) is 0 Å². The number of aryl methyl sites for hydroxylation is 1. The Morgan fingerprint density at radius 2 is 1.21 bits per heavy atom. The lowest BCUT2D eigenvalue weighted by atomic mass is 10.0. The fourth-order valence-corrected chi connectivity index (χ4v) is 2.41. The molecule has 1 aromatic rings. The maximum absolute atomic E-state index is 10.0. The van der Waals surface area contributed by atoms with Crippen molar-refractivity contribution in [2.75, 3.05) is 0 Å². The van der Waals surface area contributed by atoms with Gasteiger partial charge in [-0.2, -0.15) is 0 Å². The molecule has 1 heteroatoms. The number of unbranched alkanes of at least 4 members (excludes halogenated alkanes) is 9. The highest BCUT2D eigenvalue weighted by Crippen LogP contribution is 2.12. The lowest BCUT2D eigenvalue weighted by Gasteiger charge is -2.02. The average molecular weight is 259 g/mol. The summed E-state index contributed by atoms with van der Waals surface area (Å²) in [5.41, 5.74) is 1.47. The van der Waals surface area contributed by atoms with Gasteiger partial charge in [0, 0.05) is 6.42 Å². The van der Waals surface area contributed by atoms with Crippen LogP contribution < -0.4 is 0 Å². The number of hydrogen-bond acceptors (Lipinski definition) is 1. The Morgan fingerprint density at radius 3 is 1.79 bits per heavy atom. The molecule has 0 saturated carbocycles. The molecule has 0 amide bonds. The van der Waals surface area contributed by atoms with Gasteiger partial charge in [0.1, 0.15) is 0 Å². The average Bonchev–Trinajstić information content (AvgIpc) is 2.46. The molecule has 0 aliphatic rings. The van der Waals surface area contributed by atoms with Crippen molar-refractivity contribution >= 4 is 6.29 Å². The highest BCUT2D eigenvalue weighted by atomic mass is 16.1. The second-order valence-electron chi connectivity index (χ2n) is 5.31. The fraction of sp³-hybridized carbons (Fsp3) is 0.611. The minimum absolute atomic E-state index is 0.624. The Kier molecular flexibility index (Phi) is 10.0. The first-order valence-electron chi connectivity index (χ1n) is 7.82. The van der Waals surface area contributed by atoms with Crippen molar-refractivity contribution in [2.45, 2.75) is 70.6 Å². The lowest BCUT2D eigenvalue weighted by Crippen LogP contribution is -1.86. The maximum atomic E-state index is 10.0. The Balaban J connectivity index is 1.80. The van der Waals surface area contributed by atoms with E-state index in [-0.39, 0.29) is 0 Å². The minimum Gasteiger partial charge on any atom is -0.291 e. The Labute approximate surface area is 118 Å². The molecular weight excluding hydrogens is 232 g/mol. The highest BCUT2D eigenvalue weighted by molar-refractivity contribution is 5.50. The first-order chi connectivity index (χ1) is 9.43. The van der Waals surface area contributed by atoms with Gasteiger partial charge in [-0.1, -0.05) is 75.3 Å². The predicted molar refractivity (Wildman–Crippen MR) is 82.0 cm³/mol. The second kappa shape index (κ2) is 12.0. The van der Waals surface area contributed by atoms with Crippen LogP contribution in [-0.4, -0.2) is 6.29 Å². The van der Waals surface area contributed by atoms with E-state index in [2.05, 4.69) is 30.3 Å². The van der Waals surface area contributed by atoms with E-state index >= 15 is 0 Å². The first kappa shape index (κ1) is 15.9. The molecule has 0 spiro atoms. The van der Waals surface area contributed by atoms with Crippen LogP contribution in [0.1, 0.15) is 69.8 Å². The van der Waals surface area contributed by atoms with Gasteiger partial charge < -0.3 is 0 Å². The molecule has 0 fully saturated rings. The van der Waals surface area contributed by atoms with Crippen LogP contribution in [-0.2, 0) is 11.2 Å². The minimum atomic E-state index is 0.624. The maximum Gasteiger partial charge on any atom is 0.198 e. The zero-order valence-corrected chi connectivity index (χ0v) is 12.1. The molecule has 0 unspecified atom stereocenters. The number of rotatable bonds is 12. The van der Waals surface area contributed by atoms with Gasteiger partial charge in [-0.3, -0.25) is 4.79 Å². The normalized spacial score (nSPS) is 10.5. The molecule has 0 aromatic heterocycles. The molecule has 0 aliphatic heterocycles. The van der Waals surface area contributed by atoms with Crippen LogP contribution >= 0.6 is 0 Å². The second-order valence-corrected chi connectivity index (χ2v) is 5.31. The predicted octanol–water partition coefficient (Wildman–Crippen LogP) is 5.24. The molecule has 0 saturated heterocycles. The molecule has 1 nitrogen and oxygen atoms in total. The molecule has 1 aromatic carbocycles. The summed E-state index contributed by atoms with van der Waals surface area (Å²) in [5, 5.41) is 0. The summed E-state index contributed by atoms with van der Waals surface area (Å²) in [6.45, 7) is 0. The van der Waals surface area contributed by atoms with Gasteiger partial charge in [-0.05, 0) is 24.8 Å². The quantitative estimate of drug-likeness (QED) is 0.469. The molecule has 0 aliphatic carbocycles. The van der Waals surface area contributed by atoms with Crippen LogP contribution in [0.15, 0.2) is 30.3 Å². The smallest absolute Gasteiger partial charge is 0.198 e. The number of carbonyl (C=O) groups excluding carboxylic acids is 1. The van der Waals surface area contributed by atoms with E-state index in [0.29, 0.717) is 6.42 Å². The van der Waals surface area contributed by atoms with Gasteiger partial charge in [0.25, 0.3) is 0 Å². The summed E-state index contributed by atoms with van der Waals surface area (Å²) in [6, 6.07) is 10.8. The zero-order chi connectivity index (χ0) is 13.6. The van der Waals surface area contributed by atoms with Crippen LogP contribution in [0.3, 0.4) is 0 Å². The Hall–Kier alpha value is -1.11. The van der Waals surface area contributed by atoms with E-state index in [4.69, 9.17) is 0 Å². The summed E-state index contributed by atoms with van der Waals surface area (Å²) < 4.78 is 0. The molecule has 0 heterocycles. The molecule has 1 radical (unpaired) electrons. The lowest BCUT2D eigenvalue weighted by molar-refractivity contribution is 0.536. The molecule has 0 bridgehead atoms. The van der Waals surface area contributed by atoms with Gasteiger partial charge >= 0.3 is 0 Å². The standard InChI is InChI=1S/C18H27O/c19-17-13-8-6-4-2-1-3-5-7-10-14-18-15-11-9-12-16-18/h9,11-12,15-16H,1-8,10,13-14H2. The topological polar surface area (TPSA) is 17.1 Å². The summed E-state index contributed by atoms with van der Waals surface area (Å²) in [6.07, 6.45) is 15.4. The van der Waals surface area contributed by atoms with E-state index in [9.17, 15) is 4.79 Å². The van der Waals surface area contributed by atoms with Crippen LogP contribution in [0, 0.1) is 0 Å². The van der Waals surface area contributed by atoms with Crippen molar-refractivity contribution in [1.29, 1.82) is 0 Å². The fourth-order valence-electron chi connectivity index (χ4n) is 2.41. The highest BCUT2D eigenvalue weighted by Gasteiger charge is 1.94. The summed E-state index contributed by atoms with van der Waals surface area (Å²) in [4.78, 5) is 10.0. The van der Waals surface area contributed by atoms with Crippen molar-refractivity contribution < 1.29 is 4.79 Å². The SMILES string of the molecule is O=[C]CCCCCCCCCCCc1ccccc1. The van der Waals surface area contributed by atoms with E-state index < -0.39 is 0 Å². The molecule has 0 N–H and O–H groups in total. The molecular formula is C18H27O. The van der Waals surface area contributed by atoms with Gasteiger partial charge in [0.15, 0.2) is 6.29 Å². The number of benzene rings is 1. The van der Waals surface area contributed by atoms with Crippen LogP contribution in [0.25, 0.3) is 0 Å². The van der Waals surface area contributed by atoms with E-state index in [1.165, 1.54) is 63.4 Å². The Bertz CT molecular complexity index is 305. The van der Waals surface area contributed by atoms with E-state index in [1.807, 2.05) is 6.29 Å². The van der Waals surface area contributed by atoms with Crippen LogP contribution in [0.2, 0.25) is 0 Å². The van der Waals surface area contributed by atoms with Crippen LogP contribution in [0.4, 0.5) is 0 Å². The zero-order valence-electron chi connectivity index (χ0n) is 12.1. The summed E-state index contributed by atoms with van der Waals surface area (Å²) in [7, 11) is 0. The third-order valence-corrected chi connectivity index (χ3v) is 3.59.